The van der Waals surface area contributed by atoms with Crippen LogP contribution in [0.3, 0.4) is 0 Å². The number of sulfonamides is 1. The highest BCUT2D eigenvalue weighted by atomic mass is 35.5. The van der Waals surface area contributed by atoms with E-state index in [1.165, 1.54) is 0 Å². The van der Waals surface area contributed by atoms with Crippen molar-refractivity contribution in [2.75, 3.05) is 6.26 Å². The molecule has 152 valence electrons. The van der Waals surface area contributed by atoms with Crippen LogP contribution >= 0.6 is 11.6 Å². The molecule has 1 unspecified atom stereocenters. The van der Waals surface area contributed by atoms with Crippen LogP contribution in [0.2, 0.25) is 5.02 Å². The lowest BCUT2D eigenvalue weighted by atomic mass is 10.2. The van der Waals surface area contributed by atoms with Crippen LogP contribution in [-0.4, -0.2) is 23.8 Å². The maximum atomic E-state index is 12.7. The molecule has 0 radical (unpaired) electrons. The third kappa shape index (κ3) is 5.64. The van der Waals surface area contributed by atoms with E-state index in [-0.39, 0.29) is 16.5 Å². The monoisotopic (exact) mass is 458 g/mol. The molecule has 1 N–H and O–H groups in total. The molecule has 2 aromatic rings. The summed E-state index contributed by atoms with van der Waals surface area (Å²) >= 11 is 5.77. The predicted octanol–water partition coefficient (Wildman–Crippen LogP) is 3.63. The van der Waals surface area contributed by atoms with Gasteiger partial charge in [0.2, 0.25) is 10.0 Å². The molecule has 0 amide bonds. The highest BCUT2D eigenvalue weighted by molar-refractivity contribution is 8.01. The summed E-state index contributed by atoms with van der Waals surface area (Å²) in [7, 11) is -6.47. The van der Waals surface area contributed by atoms with Crippen molar-refractivity contribution in [1.82, 2.24) is 4.13 Å². The molecule has 0 aliphatic rings. The maximum Gasteiger partial charge on any atom is 0.416 e. The Morgan fingerprint density at radius 2 is 1.86 bits per heavy atom. The van der Waals surface area contributed by atoms with E-state index in [0.717, 1.165) is 30.3 Å². The molecule has 28 heavy (non-hydrogen) atoms. The summed E-state index contributed by atoms with van der Waals surface area (Å²) in [5.74, 6) is -0.359. The van der Waals surface area contributed by atoms with Crippen LogP contribution in [0.4, 0.5) is 18.9 Å². The number of halogens is 4. The second-order valence-electron chi connectivity index (χ2n) is 5.26. The van der Waals surface area contributed by atoms with Gasteiger partial charge < -0.3 is 4.74 Å². The van der Waals surface area contributed by atoms with Gasteiger partial charge in [0.1, 0.15) is 27.4 Å². The number of nitrogens with zero attached hydrogens (tertiary/aromatic N) is 1. The van der Waals surface area contributed by atoms with E-state index in [1.807, 2.05) is 0 Å². The molecule has 0 saturated heterocycles. The Morgan fingerprint density at radius 3 is 2.36 bits per heavy atom. The summed E-state index contributed by atoms with van der Waals surface area (Å²) in [5.41, 5.74) is -1.66. The molecule has 0 fully saturated rings. The first-order valence-electron chi connectivity index (χ1n) is 7.00. The third-order valence-electron chi connectivity index (χ3n) is 3.04. The summed E-state index contributed by atoms with van der Waals surface area (Å²) in [6.45, 7) is 0. The smallest absolute Gasteiger partial charge is 0.416 e. The van der Waals surface area contributed by atoms with E-state index in [1.54, 1.807) is 4.13 Å². The lowest BCUT2D eigenvalue weighted by molar-refractivity contribution is -0.387. The van der Waals surface area contributed by atoms with E-state index in [2.05, 4.69) is 0 Å². The van der Waals surface area contributed by atoms with E-state index in [9.17, 15) is 35.9 Å². The van der Waals surface area contributed by atoms with Crippen LogP contribution in [0.1, 0.15) is 5.56 Å². The first kappa shape index (κ1) is 22.1. The molecule has 0 aliphatic heterocycles. The number of alkyl halides is 3. The zero-order valence-electron chi connectivity index (χ0n) is 13.7. The number of ether oxygens (including phenoxy) is 1. The summed E-state index contributed by atoms with van der Waals surface area (Å²) in [6.07, 6.45) is -3.91. The number of nitrogens with one attached hydrogen (secondary N) is 1. The second kappa shape index (κ2) is 8.03. The van der Waals surface area contributed by atoms with E-state index in [0.29, 0.717) is 12.3 Å². The molecular weight excluding hydrogens is 449 g/mol. The molecule has 14 heteroatoms. The molecule has 0 heterocycles. The average Bonchev–Trinajstić information content (AvgIpc) is 2.54. The third-order valence-corrected chi connectivity index (χ3v) is 5.88. The Morgan fingerprint density at radius 1 is 1.21 bits per heavy atom. The second-order valence-corrected chi connectivity index (χ2v) is 8.85. The van der Waals surface area contributed by atoms with Crippen molar-refractivity contribution in [3.8, 4) is 11.5 Å². The van der Waals surface area contributed by atoms with Crippen molar-refractivity contribution < 1.29 is 35.5 Å². The number of hydrogen-bond donors (Lipinski definition) is 1. The summed E-state index contributed by atoms with van der Waals surface area (Å²) in [5, 5.41) is 10.7. The fourth-order valence-electron chi connectivity index (χ4n) is 1.93. The van der Waals surface area contributed by atoms with Gasteiger partial charge in [0.25, 0.3) is 5.69 Å². The van der Waals surface area contributed by atoms with Crippen LogP contribution < -0.4 is 8.86 Å². The quantitative estimate of drug-likeness (QED) is 0.522. The lowest BCUT2D eigenvalue weighted by Gasteiger charge is -2.12. The van der Waals surface area contributed by atoms with Crippen LogP contribution in [0.25, 0.3) is 0 Å². The first-order valence-corrected chi connectivity index (χ1v) is 10.4. The highest BCUT2D eigenvalue weighted by Crippen LogP contribution is 2.37. The fraction of sp³-hybridized carbons (Fsp3) is 0.143. The minimum absolute atomic E-state index is 0.161. The molecule has 0 spiro atoms. The normalized spacial score (nSPS) is 13.2. The number of nitro groups is 1. The van der Waals surface area contributed by atoms with E-state index in [4.69, 9.17) is 16.3 Å². The van der Waals surface area contributed by atoms with Crippen molar-refractivity contribution >= 4 is 38.3 Å². The minimum Gasteiger partial charge on any atom is -0.456 e. The molecular formula is C14H10ClF3N2O6S2. The lowest BCUT2D eigenvalue weighted by Crippen LogP contribution is -2.24. The van der Waals surface area contributed by atoms with Crippen LogP contribution in [-0.2, 0) is 27.2 Å². The average molecular weight is 459 g/mol. The van der Waals surface area contributed by atoms with Crippen molar-refractivity contribution in [3.05, 3.63) is 57.1 Å². The SMILES string of the molecule is CS(=O)(=O)NS(=O)c1cc(Oc2ccc(C(F)(F)F)cc2Cl)ccc1[N+](=O)[O-]. The largest absolute Gasteiger partial charge is 0.456 e. The molecule has 2 rings (SSSR count). The zero-order chi connectivity index (χ0) is 21.3. The molecule has 1 atom stereocenters. The fourth-order valence-corrected chi connectivity index (χ4v) is 4.16. The van der Waals surface area contributed by atoms with Gasteiger partial charge in [-0.1, -0.05) is 11.6 Å². The Labute approximate surface area is 164 Å². The van der Waals surface area contributed by atoms with Crippen molar-refractivity contribution in [3.63, 3.8) is 0 Å². The van der Waals surface area contributed by atoms with Gasteiger partial charge in [0.05, 0.1) is 21.8 Å². The van der Waals surface area contributed by atoms with Gasteiger partial charge >= 0.3 is 6.18 Å². The number of rotatable bonds is 6. The van der Waals surface area contributed by atoms with Crippen LogP contribution in [0.5, 0.6) is 11.5 Å². The zero-order valence-corrected chi connectivity index (χ0v) is 16.1. The van der Waals surface area contributed by atoms with Crippen molar-refractivity contribution in [2.24, 2.45) is 0 Å². The Kier molecular flexibility index (Phi) is 6.33. The number of benzene rings is 2. The first-order chi connectivity index (χ1) is 12.8. The van der Waals surface area contributed by atoms with Gasteiger partial charge in [-0.05, 0) is 24.3 Å². The summed E-state index contributed by atoms with van der Waals surface area (Å²) in [6, 6.07) is 5.21. The van der Waals surface area contributed by atoms with E-state index < -0.39 is 48.3 Å². The highest BCUT2D eigenvalue weighted by Gasteiger charge is 2.31. The van der Waals surface area contributed by atoms with Gasteiger partial charge in [-0.2, -0.15) is 13.2 Å². The minimum atomic E-state index is -4.61. The predicted molar refractivity (Wildman–Crippen MR) is 94.0 cm³/mol. The van der Waals surface area contributed by atoms with E-state index >= 15 is 0 Å². The molecule has 8 nitrogen and oxygen atoms in total. The summed E-state index contributed by atoms with van der Waals surface area (Å²) in [4.78, 5) is 9.67. The molecule has 0 aromatic heterocycles. The summed E-state index contributed by atoms with van der Waals surface area (Å²) < 4.78 is 79.6. The van der Waals surface area contributed by atoms with Gasteiger partial charge in [0, 0.05) is 12.1 Å². The van der Waals surface area contributed by atoms with Gasteiger partial charge in [0.15, 0.2) is 0 Å². The Hall–Kier alpha value is -2.22. The van der Waals surface area contributed by atoms with Gasteiger partial charge in [-0.15, -0.1) is 4.13 Å². The van der Waals surface area contributed by atoms with Gasteiger partial charge in [-0.3, -0.25) is 10.1 Å². The van der Waals surface area contributed by atoms with Gasteiger partial charge in [-0.25, -0.2) is 12.6 Å². The van der Waals surface area contributed by atoms with Crippen LogP contribution in [0.15, 0.2) is 41.3 Å². The Balaban J connectivity index is 2.41. The molecule has 0 saturated carbocycles. The molecule has 2 aromatic carbocycles. The number of nitro benzene ring substituents is 1. The molecule has 0 bridgehead atoms. The van der Waals surface area contributed by atoms with Crippen molar-refractivity contribution in [1.29, 1.82) is 0 Å². The van der Waals surface area contributed by atoms with Crippen molar-refractivity contribution in [2.45, 2.75) is 11.1 Å². The van der Waals surface area contributed by atoms with Crippen LogP contribution in [0, 0.1) is 10.1 Å². The molecule has 0 aliphatic carbocycles. The standard InChI is InChI=1S/C14H10ClF3N2O6S2/c1-28(24,25)19-27(23)13-7-9(3-4-11(13)20(21)22)26-12-5-2-8(6-10(12)15)14(16,17)18/h2-7,19H,1H3. The Bertz CT molecular complexity index is 1060. The number of hydrogen-bond acceptors (Lipinski definition) is 6. The maximum absolute atomic E-state index is 12.7. The topological polar surface area (TPSA) is 116 Å².